The molecule has 16 heavy (non-hydrogen) atoms. The van der Waals surface area contributed by atoms with E-state index in [9.17, 15) is 18.0 Å². The maximum Gasteiger partial charge on any atom is 0.418 e. The number of carbonyl (C=O) groups is 1. The molecule has 0 aliphatic heterocycles. The zero-order valence-electron chi connectivity index (χ0n) is 8.14. The number of benzene rings is 1. The lowest BCUT2D eigenvalue weighted by atomic mass is 10.1. The zero-order chi connectivity index (χ0) is 12.2. The molecule has 0 amide bonds. The Morgan fingerprint density at radius 1 is 1.38 bits per heavy atom. The van der Waals surface area contributed by atoms with E-state index in [4.69, 9.17) is 5.73 Å². The van der Waals surface area contributed by atoms with Gasteiger partial charge in [-0.2, -0.15) is 13.2 Å². The predicted octanol–water partition coefficient (Wildman–Crippen LogP) is 2.23. The van der Waals surface area contributed by atoms with Gasteiger partial charge in [0.15, 0.2) is 0 Å². The highest BCUT2D eigenvalue weighted by atomic mass is 19.4. The molecule has 2 nitrogen and oxygen atoms in total. The fourth-order valence-electron chi connectivity index (χ4n) is 1.09. The number of carbonyl (C=O) groups excluding carboxylic acids is 1. The Kier molecular flexibility index (Phi) is 3.56. The van der Waals surface area contributed by atoms with E-state index in [1.165, 1.54) is 6.07 Å². The fraction of sp³-hybridized carbons (Fsp3) is 0.182. The van der Waals surface area contributed by atoms with E-state index in [1.54, 1.807) is 0 Å². The normalized spacial score (nSPS) is 10.4. The Morgan fingerprint density at radius 3 is 2.56 bits per heavy atom. The van der Waals surface area contributed by atoms with Gasteiger partial charge in [0.05, 0.1) is 12.0 Å². The van der Waals surface area contributed by atoms with Crippen molar-refractivity contribution in [3.05, 3.63) is 29.3 Å². The van der Waals surface area contributed by atoms with Crippen molar-refractivity contribution < 1.29 is 18.0 Å². The lowest BCUT2D eigenvalue weighted by molar-refractivity contribution is -0.136. The molecule has 84 valence electrons. The molecule has 0 aromatic heterocycles. The van der Waals surface area contributed by atoms with Crippen molar-refractivity contribution in [1.29, 1.82) is 0 Å². The minimum atomic E-state index is -4.46. The van der Waals surface area contributed by atoms with Crippen LogP contribution < -0.4 is 5.73 Å². The van der Waals surface area contributed by atoms with Crippen molar-refractivity contribution in [3.63, 3.8) is 0 Å². The van der Waals surface area contributed by atoms with Gasteiger partial charge >= 0.3 is 6.18 Å². The number of aldehydes is 1. The summed E-state index contributed by atoms with van der Waals surface area (Å²) in [6.07, 6.45) is -3.81. The number of halogens is 3. The second kappa shape index (κ2) is 4.71. The first-order valence-corrected chi connectivity index (χ1v) is 4.34. The van der Waals surface area contributed by atoms with Crippen LogP contribution in [0.25, 0.3) is 0 Å². The molecular formula is C11H8F3NO. The van der Waals surface area contributed by atoms with Gasteiger partial charge in [-0.15, -0.1) is 0 Å². The van der Waals surface area contributed by atoms with E-state index in [-0.39, 0.29) is 12.1 Å². The molecule has 2 N–H and O–H groups in total. The van der Waals surface area contributed by atoms with Crippen LogP contribution in [0, 0.1) is 11.8 Å². The van der Waals surface area contributed by atoms with Crippen LogP contribution in [-0.2, 0) is 11.0 Å². The lowest BCUT2D eigenvalue weighted by Crippen LogP contribution is -2.08. The molecule has 0 fully saturated rings. The Balaban J connectivity index is 3.01. The van der Waals surface area contributed by atoms with Crippen molar-refractivity contribution in [2.45, 2.75) is 12.6 Å². The summed E-state index contributed by atoms with van der Waals surface area (Å²) in [5.41, 5.74) is 4.36. The van der Waals surface area contributed by atoms with E-state index >= 15 is 0 Å². The Bertz CT molecular complexity index is 455. The summed E-state index contributed by atoms with van der Waals surface area (Å²) in [5.74, 6) is 5.02. The summed E-state index contributed by atoms with van der Waals surface area (Å²) in [5, 5.41) is 0. The average molecular weight is 227 g/mol. The maximum atomic E-state index is 12.3. The number of alkyl halides is 3. The van der Waals surface area contributed by atoms with E-state index in [1.807, 2.05) is 0 Å². The molecule has 0 bridgehead atoms. The highest BCUT2D eigenvalue weighted by molar-refractivity contribution is 5.57. The van der Waals surface area contributed by atoms with Gasteiger partial charge in [0, 0.05) is 11.3 Å². The second-order valence-corrected chi connectivity index (χ2v) is 2.97. The monoisotopic (exact) mass is 227 g/mol. The van der Waals surface area contributed by atoms with Crippen LogP contribution in [0.15, 0.2) is 18.2 Å². The molecule has 0 aliphatic carbocycles. The van der Waals surface area contributed by atoms with Gasteiger partial charge in [-0.3, -0.25) is 0 Å². The molecular weight excluding hydrogens is 219 g/mol. The highest BCUT2D eigenvalue weighted by Gasteiger charge is 2.32. The molecule has 1 aromatic carbocycles. The van der Waals surface area contributed by atoms with Crippen molar-refractivity contribution >= 4 is 12.0 Å². The maximum absolute atomic E-state index is 12.3. The van der Waals surface area contributed by atoms with Crippen LogP contribution >= 0.6 is 0 Å². The van der Waals surface area contributed by atoms with Gasteiger partial charge in [-0.1, -0.05) is 11.8 Å². The van der Waals surface area contributed by atoms with Crippen LogP contribution in [0.2, 0.25) is 0 Å². The van der Waals surface area contributed by atoms with Crippen molar-refractivity contribution in [1.82, 2.24) is 0 Å². The zero-order valence-corrected chi connectivity index (χ0v) is 8.14. The van der Waals surface area contributed by atoms with E-state index in [2.05, 4.69) is 11.8 Å². The van der Waals surface area contributed by atoms with Crippen LogP contribution in [0.1, 0.15) is 17.5 Å². The number of hydrogen-bond acceptors (Lipinski definition) is 2. The quantitative estimate of drug-likeness (QED) is 0.454. The van der Waals surface area contributed by atoms with Crippen molar-refractivity contribution in [2.24, 2.45) is 0 Å². The molecule has 1 aromatic rings. The molecule has 1 rings (SSSR count). The van der Waals surface area contributed by atoms with Crippen LogP contribution in [0.4, 0.5) is 18.9 Å². The Hall–Kier alpha value is -1.96. The minimum absolute atomic E-state index is 0.0426. The van der Waals surface area contributed by atoms with Crippen LogP contribution in [0.5, 0.6) is 0 Å². The number of nitrogen functional groups attached to an aromatic ring is 1. The fourth-order valence-corrected chi connectivity index (χ4v) is 1.09. The smallest absolute Gasteiger partial charge is 0.398 e. The molecule has 0 unspecified atom stereocenters. The van der Waals surface area contributed by atoms with Crippen LogP contribution in [-0.4, -0.2) is 6.29 Å². The lowest BCUT2D eigenvalue weighted by Gasteiger charge is -2.09. The molecule has 5 heteroatoms. The number of nitrogens with two attached hydrogens (primary N) is 1. The number of rotatable bonds is 1. The van der Waals surface area contributed by atoms with Gasteiger partial charge in [-0.05, 0) is 18.2 Å². The molecule has 0 saturated heterocycles. The molecule has 0 saturated carbocycles. The first-order valence-electron chi connectivity index (χ1n) is 4.34. The summed E-state index contributed by atoms with van der Waals surface area (Å²) in [7, 11) is 0. The van der Waals surface area contributed by atoms with Gasteiger partial charge in [0.25, 0.3) is 0 Å². The Morgan fingerprint density at radius 2 is 2.06 bits per heavy atom. The largest absolute Gasteiger partial charge is 0.418 e. The summed E-state index contributed by atoms with van der Waals surface area (Å²) in [4.78, 5) is 9.97. The third-order valence-electron chi connectivity index (χ3n) is 1.78. The summed E-state index contributed by atoms with van der Waals surface area (Å²) in [6.45, 7) is 0. The third kappa shape index (κ3) is 3.02. The molecule has 0 spiro atoms. The van der Waals surface area contributed by atoms with Crippen molar-refractivity contribution in [2.75, 3.05) is 5.73 Å². The van der Waals surface area contributed by atoms with Gasteiger partial charge in [0.2, 0.25) is 0 Å². The predicted molar refractivity (Wildman–Crippen MR) is 53.4 cm³/mol. The third-order valence-corrected chi connectivity index (χ3v) is 1.78. The van der Waals surface area contributed by atoms with Crippen molar-refractivity contribution in [3.8, 4) is 11.8 Å². The summed E-state index contributed by atoms with van der Waals surface area (Å²) < 4.78 is 37.0. The van der Waals surface area contributed by atoms with Gasteiger partial charge in [0.1, 0.15) is 6.29 Å². The first-order chi connectivity index (χ1) is 7.45. The molecule has 0 heterocycles. The van der Waals surface area contributed by atoms with Gasteiger partial charge < -0.3 is 10.5 Å². The molecule has 0 aliphatic rings. The highest BCUT2D eigenvalue weighted by Crippen LogP contribution is 2.33. The van der Waals surface area contributed by atoms with E-state index in [0.29, 0.717) is 11.8 Å². The Labute approximate surface area is 90.3 Å². The minimum Gasteiger partial charge on any atom is -0.398 e. The SMILES string of the molecule is Nc1cc(C#CCC=O)ccc1C(F)(F)F. The van der Waals surface area contributed by atoms with E-state index in [0.717, 1.165) is 12.1 Å². The second-order valence-electron chi connectivity index (χ2n) is 2.97. The van der Waals surface area contributed by atoms with E-state index < -0.39 is 11.7 Å². The summed E-state index contributed by atoms with van der Waals surface area (Å²) >= 11 is 0. The molecule has 0 radical (unpaired) electrons. The number of hydrogen-bond donors (Lipinski definition) is 1. The molecule has 0 atom stereocenters. The van der Waals surface area contributed by atoms with Gasteiger partial charge in [-0.25, -0.2) is 0 Å². The van der Waals surface area contributed by atoms with Crippen LogP contribution in [0.3, 0.4) is 0 Å². The topological polar surface area (TPSA) is 43.1 Å². The first kappa shape index (κ1) is 12.1. The standard InChI is InChI=1S/C11H8F3NO/c12-11(13,14)9-5-4-8(7-10(9)15)3-1-2-6-16/h4-7H,2,15H2. The average Bonchev–Trinajstić information content (AvgIpc) is 2.16. The number of anilines is 1. The summed E-state index contributed by atoms with van der Waals surface area (Å²) in [6, 6.07) is 3.23.